The molecule has 1 saturated carbocycles. The van der Waals surface area contributed by atoms with E-state index in [0.717, 1.165) is 37.6 Å². The lowest BCUT2D eigenvalue weighted by Crippen LogP contribution is -2.53. The van der Waals surface area contributed by atoms with Crippen molar-refractivity contribution in [3.05, 3.63) is 23.7 Å². The molecular formula is C18H26N2O2. The lowest BCUT2D eigenvalue weighted by molar-refractivity contribution is 0.0376. The first kappa shape index (κ1) is 14.3. The van der Waals surface area contributed by atoms with Gasteiger partial charge in [0.25, 0.3) is 5.91 Å². The monoisotopic (exact) mass is 302 g/mol. The fourth-order valence-electron chi connectivity index (χ4n) is 4.29. The van der Waals surface area contributed by atoms with Gasteiger partial charge in [0, 0.05) is 25.2 Å². The van der Waals surface area contributed by atoms with E-state index in [0.29, 0.717) is 11.3 Å². The Morgan fingerprint density at radius 3 is 2.64 bits per heavy atom. The minimum atomic E-state index is 0.0645. The lowest BCUT2D eigenvalue weighted by Gasteiger charge is -2.45. The molecule has 3 aliphatic rings. The molecule has 0 unspecified atom stereocenters. The molecule has 1 aromatic rings. The zero-order valence-electron chi connectivity index (χ0n) is 13.5. The molecule has 1 amide bonds. The van der Waals surface area contributed by atoms with Crippen LogP contribution in [0, 0.1) is 12.8 Å². The number of likely N-dealkylation sites (tertiary alicyclic amines) is 2. The van der Waals surface area contributed by atoms with Gasteiger partial charge in [-0.2, -0.15) is 0 Å². The van der Waals surface area contributed by atoms with Crippen LogP contribution in [0.1, 0.15) is 54.8 Å². The van der Waals surface area contributed by atoms with Gasteiger partial charge in [-0.3, -0.25) is 9.69 Å². The number of hydrogen-bond acceptors (Lipinski definition) is 3. The van der Waals surface area contributed by atoms with Crippen LogP contribution in [0.4, 0.5) is 0 Å². The Morgan fingerprint density at radius 1 is 1.23 bits per heavy atom. The van der Waals surface area contributed by atoms with Crippen LogP contribution in [0.2, 0.25) is 0 Å². The maximum atomic E-state index is 12.5. The molecule has 1 aromatic heterocycles. The van der Waals surface area contributed by atoms with Gasteiger partial charge < -0.3 is 9.32 Å². The Labute approximate surface area is 132 Å². The van der Waals surface area contributed by atoms with Crippen LogP contribution in [-0.2, 0) is 0 Å². The highest BCUT2D eigenvalue weighted by Crippen LogP contribution is 2.41. The molecule has 4 rings (SSSR count). The molecule has 3 heterocycles. The second kappa shape index (κ2) is 5.41. The molecule has 1 aliphatic carbocycles. The maximum Gasteiger partial charge on any atom is 0.289 e. The largest absolute Gasteiger partial charge is 0.456 e. The van der Waals surface area contributed by atoms with Crippen molar-refractivity contribution in [2.75, 3.05) is 26.2 Å². The Balaban J connectivity index is 1.40. The standard InChI is InChI=1S/C18H26N2O2/c1-14-3-6-16(22-14)17(21)19-11-8-18(9-12-19)7-2-10-20(18)13-15-4-5-15/h3,6,15H,2,4-5,7-13H2,1H3. The van der Waals surface area contributed by atoms with Crippen LogP contribution in [0.25, 0.3) is 0 Å². The molecule has 0 aromatic carbocycles. The molecule has 0 bridgehead atoms. The van der Waals surface area contributed by atoms with Crippen molar-refractivity contribution >= 4 is 5.91 Å². The van der Waals surface area contributed by atoms with Crippen molar-refractivity contribution in [2.45, 2.75) is 51.0 Å². The summed E-state index contributed by atoms with van der Waals surface area (Å²) in [6, 6.07) is 3.67. The molecule has 2 aliphatic heterocycles. The van der Waals surface area contributed by atoms with E-state index in [1.807, 2.05) is 17.9 Å². The van der Waals surface area contributed by atoms with Crippen molar-refractivity contribution in [3.63, 3.8) is 0 Å². The van der Waals surface area contributed by atoms with E-state index in [1.165, 1.54) is 38.8 Å². The fourth-order valence-corrected chi connectivity index (χ4v) is 4.29. The normalized spacial score (nSPS) is 25.0. The van der Waals surface area contributed by atoms with Gasteiger partial charge in [-0.15, -0.1) is 0 Å². The number of rotatable bonds is 3. The van der Waals surface area contributed by atoms with E-state index >= 15 is 0 Å². The van der Waals surface area contributed by atoms with E-state index in [-0.39, 0.29) is 5.91 Å². The average molecular weight is 302 g/mol. The summed E-state index contributed by atoms with van der Waals surface area (Å²) in [5.41, 5.74) is 0.387. The number of piperidine rings is 1. The number of carbonyl (C=O) groups excluding carboxylic acids is 1. The molecule has 0 N–H and O–H groups in total. The molecule has 1 spiro atoms. The van der Waals surface area contributed by atoms with Gasteiger partial charge in [-0.1, -0.05) is 0 Å². The SMILES string of the molecule is Cc1ccc(C(=O)N2CCC3(CCCN3CC3CC3)CC2)o1. The van der Waals surface area contributed by atoms with Crippen LogP contribution in [0.5, 0.6) is 0 Å². The molecule has 3 fully saturated rings. The minimum Gasteiger partial charge on any atom is -0.456 e. The van der Waals surface area contributed by atoms with Gasteiger partial charge in [0.15, 0.2) is 5.76 Å². The summed E-state index contributed by atoms with van der Waals surface area (Å²) in [5.74, 6) is 2.33. The summed E-state index contributed by atoms with van der Waals surface area (Å²) in [5, 5.41) is 0. The highest BCUT2D eigenvalue weighted by molar-refractivity contribution is 5.91. The third-order valence-electron chi connectivity index (χ3n) is 5.85. The zero-order chi connectivity index (χ0) is 15.2. The number of amides is 1. The maximum absolute atomic E-state index is 12.5. The molecule has 22 heavy (non-hydrogen) atoms. The molecule has 4 heteroatoms. The summed E-state index contributed by atoms with van der Waals surface area (Å²) in [6.45, 7) is 6.20. The van der Waals surface area contributed by atoms with Crippen molar-refractivity contribution in [3.8, 4) is 0 Å². The van der Waals surface area contributed by atoms with Gasteiger partial charge in [-0.05, 0) is 70.0 Å². The highest BCUT2D eigenvalue weighted by atomic mass is 16.3. The van der Waals surface area contributed by atoms with Crippen molar-refractivity contribution in [1.29, 1.82) is 0 Å². The average Bonchev–Trinajstić information content (AvgIpc) is 3.12. The number of nitrogens with zero attached hydrogens (tertiary/aromatic N) is 2. The number of carbonyl (C=O) groups is 1. The Bertz CT molecular complexity index is 553. The fraction of sp³-hybridized carbons (Fsp3) is 0.722. The quantitative estimate of drug-likeness (QED) is 0.861. The molecule has 0 atom stereocenters. The van der Waals surface area contributed by atoms with Crippen molar-refractivity contribution < 1.29 is 9.21 Å². The first-order valence-electron chi connectivity index (χ1n) is 8.77. The molecule has 2 saturated heterocycles. The van der Waals surface area contributed by atoms with Gasteiger partial charge in [0.05, 0.1) is 0 Å². The van der Waals surface area contributed by atoms with Crippen LogP contribution in [0.3, 0.4) is 0 Å². The topological polar surface area (TPSA) is 36.7 Å². The third-order valence-corrected chi connectivity index (χ3v) is 5.85. The van der Waals surface area contributed by atoms with Crippen LogP contribution >= 0.6 is 0 Å². The number of aryl methyl sites for hydroxylation is 1. The Kier molecular flexibility index (Phi) is 3.52. The van der Waals surface area contributed by atoms with E-state index in [9.17, 15) is 4.79 Å². The Hall–Kier alpha value is -1.29. The highest BCUT2D eigenvalue weighted by Gasteiger charge is 2.45. The second-order valence-electron chi connectivity index (χ2n) is 7.42. The van der Waals surface area contributed by atoms with E-state index in [4.69, 9.17) is 4.42 Å². The molecule has 120 valence electrons. The number of furan rings is 1. The van der Waals surface area contributed by atoms with E-state index < -0.39 is 0 Å². The van der Waals surface area contributed by atoms with E-state index in [1.54, 1.807) is 6.07 Å². The predicted molar refractivity (Wildman–Crippen MR) is 84.8 cm³/mol. The molecular weight excluding hydrogens is 276 g/mol. The van der Waals surface area contributed by atoms with Gasteiger partial charge in [0.2, 0.25) is 0 Å². The van der Waals surface area contributed by atoms with Gasteiger partial charge >= 0.3 is 0 Å². The minimum absolute atomic E-state index is 0.0645. The van der Waals surface area contributed by atoms with Crippen molar-refractivity contribution in [1.82, 2.24) is 9.80 Å². The number of hydrogen-bond donors (Lipinski definition) is 0. The predicted octanol–water partition coefficient (Wildman–Crippen LogP) is 3.07. The third kappa shape index (κ3) is 2.58. The summed E-state index contributed by atoms with van der Waals surface area (Å²) in [6.07, 6.45) is 7.76. The first-order chi connectivity index (χ1) is 10.7. The van der Waals surface area contributed by atoms with Crippen molar-refractivity contribution in [2.24, 2.45) is 5.92 Å². The van der Waals surface area contributed by atoms with Gasteiger partial charge in [0.1, 0.15) is 5.76 Å². The first-order valence-corrected chi connectivity index (χ1v) is 8.77. The summed E-state index contributed by atoms with van der Waals surface area (Å²) in [4.78, 5) is 17.2. The Morgan fingerprint density at radius 2 is 2.00 bits per heavy atom. The van der Waals surface area contributed by atoms with Crippen LogP contribution in [-0.4, -0.2) is 47.4 Å². The van der Waals surface area contributed by atoms with E-state index in [2.05, 4.69) is 4.90 Å². The second-order valence-corrected chi connectivity index (χ2v) is 7.42. The summed E-state index contributed by atoms with van der Waals surface area (Å²) >= 11 is 0. The molecule has 0 radical (unpaired) electrons. The summed E-state index contributed by atoms with van der Waals surface area (Å²) in [7, 11) is 0. The van der Waals surface area contributed by atoms with Crippen LogP contribution < -0.4 is 0 Å². The van der Waals surface area contributed by atoms with Crippen LogP contribution in [0.15, 0.2) is 16.5 Å². The summed E-state index contributed by atoms with van der Waals surface area (Å²) < 4.78 is 5.50. The van der Waals surface area contributed by atoms with Gasteiger partial charge in [-0.25, -0.2) is 0 Å². The molecule has 4 nitrogen and oxygen atoms in total. The zero-order valence-corrected chi connectivity index (χ0v) is 13.5. The lowest BCUT2D eigenvalue weighted by atomic mass is 9.84. The smallest absolute Gasteiger partial charge is 0.289 e.